The number of aromatic nitrogens is 1. The van der Waals surface area contributed by atoms with Crippen LogP contribution in [0.5, 0.6) is 0 Å². The average molecular weight is 245 g/mol. The van der Waals surface area contributed by atoms with E-state index in [2.05, 4.69) is 20.9 Å². The third-order valence-electron chi connectivity index (χ3n) is 1.34. The van der Waals surface area contributed by atoms with Crippen LogP contribution in [0.1, 0.15) is 0 Å². The molecule has 0 spiro atoms. The number of furan rings is 1. The first kappa shape index (κ1) is 7.82. The maximum atomic E-state index is 5.48. The van der Waals surface area contributed by atoms with E-state index >= 15 is 0 Å². The normalized spacial score (nSPS) is 10.4. The Morgan fingerprint density at radius 2 is 2.42 bits per heavy atom. The maximum Gasteiger partial charge on any atom is 0.180 e. The van der Waals surface area contributed by atoms with Crippen molar-refractivity contribution in [3.05, 3.63) is 22.2 Å². The molecule has 0 atom stereocenters. The van der Waals surface area contributed by atoms with E-state index in [1.807, 2.05) is 11.4 Å². The second kappa shape index (κ2) is 2.91. The standard InChI is InChI=1S/C7H5BrN2OS/c8-4-1-6(11-2-4)5-3-12-7(9)10-5/h1-3H,(H2,9,10). The lowest BCUT2D eigenvalue weighted by molar-refractivity contribution is 0.579. The molecule has 0 saturated heterocycles. The third-order valence-corrected chi connectivity index (χ3v) is 2.43. The molecule has 0 amide bonds. The lowest BCUT2D eigenvalue weighted by atomic mass is 10.4. The fourth-order valence-corrected chi connectivity index (χ4v) is 1.70. The Balaban J connectivity index is 2.43. The highest BCUT2D eigenvalue weighted by atomic mass is 79.9. The summed E-state index contributed by atoms with van der Waals surface area (Å²) < 4.78 is 6.11. The van der Waals surface area contributed by atoms with Crippen LogP contribution < -0.4 is 5.73 Å². The molecule has 0 radical (unpaired) electrons. The van der Waals surface area contributed by atoms with Gasteiger partial charge in [0.2, 0.25) is 0 Å². The van der Waals surface area contributed by atoms with Crippen LogP contribution in [0.25, 0.3) is 11.5 Å². The first-order valence-electron chi connectivity index (χ1n) is 3.21. The zero-order valence-electron chi connectivity index (χ0n) is 5.95. The first-order valence-corrected chi connectivity index (χ1v) is 4.88. The van der Waals surface area contributed by atoms with Crippen molar-refractivity contribution >= 4 is 32.4 Å². The minimum atomic E-state index is 0.553. The van der Waals surface area contributed by atoms with Gasteiger partial charge in [-0.05, 0) is 15.9 Å². The number of anilines is 1. The van der Waals surface area contributed by atoms with Gasteiger partial charge in [0.1, 0.15) is 12.0 Å². The number of hydrogen-bond acceptors (Lipinski definition) is 4. The molecule has 2 N–H and O–H groups in total. The van der Waals surface area contributed by atoms with Crippen molar-refractivity contribution in [1.82, 2.24) is 4.98 Å². The minimum Gasteiger partial charge on any atom is -0.461 e. The van der Waals surface area contributed by atoms with Gasteiger partial charge in [0, 0.05) is 11.4 Å². The predicted molar refractivity (Wildman–Crippen MR) is 51.9 cm³/mol. The van der Waals surface area contributed by atoms with Gasteiger partial charge in [-0.2, -0.15) is 0 Å². The van der Waals surface area contributed by atoms with Crippen LogP contribution in [0, 0.1) is 0 Å². The lowest BCUT2D eigenvalue weighted by Crippen LogP contribution is -1.81. The Morgan fingerprint density at radius 3 is 2.92 bits per heavy atom. The van der Waals surface area contributed by atoms with Gasteiger partial charge in [0.15, 0.2) is 10.9 Å². The molecule has 0 aliphatic heterocycles. The molecule has 0 aromatic carbocycles. The highest BCUT2D eigenvalue weighted by Crippen LogP contribution is 2.26. The van der Waals surface area contributed by atoms with Gasteiger partial charge < -0.3 is 10.2 Å². The van der Waals surface area contributed by atoms with Crippen LogP contribution in [-0.2, 0) is 0 Å². The Morgan fingerprint density at radius 1 is 1.58 bits per heavy atom. The minimum absolute atomic E-state index is 0.553. The van der Waals surface area contributed by atoms with E-state index in [4.69, 9.17) is 10.2 Å². The van der Waals surface area contributed by atoms with Crippen LogP contribution in [0.3, 0.4) is 0 Å². The molecule has 0 aliphatic rings. The van der Waals surface area contributed by atoms with Gasteiger partial charge in [0.25, 0.3) is 0 Å². The van der Waals surface area contributed by atoms with Crippen LogP contribution in [0.4, 0.5) is 5.13 Å². The van der Waals surface area contributed by atoms with Gasteiger partial charge in [-0.3, -0.25) is 0 Å². The molecule has 2 aromatic heterocycles. The van der Waals surface area contributed by atoms with Crippen molar-refractivity contribution in [3.63, 3.8) is 0 Å². The van der Waals surface area contributed by atoms with Crippen molar-refractivity contribution in [3.8, 4) is 11.5 Å². The van der Waals surface area contributed by atoms with Crippen molar-refractivity contribution in [2.75, 3.05) is 5.73 Å². The molecule has 2 rings (SSSR count). The molecular weight excluding hydrogens is 240 g/mol. The number of hydrogen-bond donors (Lipinski definition) is 1. The zero-order chi connectivity index (χ0) is 8.55. The molecule has 0 unspecified atom stereocenters. The smallest absolute Gasteiger partial charge is 0.180 e. The summed E-state index contributed by atoms with van der Waals surface area (Å²) in [6.07, 6.45) is 1.62. The van der Waals surface area contributed by atoms with E-state index in [0.29, 0.717) is 5.13 Å². The number of nitrogens with zero attached hydrogens (tertiary/aromatic N) is 1. The number of thiazole rings is 1. The highest BCUT2D eigenvalue weighted by molar-refractivity contribution is 9.10. The fourth-order valence-electron chi connectivity index (χ4n) is 0.848. The molecule has 2 aromatic rings. The van der Waals surface area contributed by atoms with E-state index in [-0.39, 0.29) is 0 Å². The van der Waals surface area contributed by atoms with Crippen molar-refractivity contribution < 1.29 is 4.42 Å². The number of rotatable bonds is 1. The highest BCUT2D eigenvalue weighted by Gasteiger charge is 2.06. The summed E-state index contributed by atoms with van der Waals surface area (Å²) in [5.41, 5.74) is 6.26. The number of halogens is 1. The number of nitrogen functional groups attached to an aromatic ring is 1. The fraction of sp³-hybridized carbons (Fsp3) is 0. The van der Waals surface area contributed by atoms with E-state index in [1.54, 1.807) is 6.26 Å². The summed E-state index contributed by atoms with van der Waals surface area (Å²) >= 11 is 4.69. The van der Waals surface area contributed by atoms with Gasteiger partial charge in [-0.25, -0.2) is 4.98 Å². The molecular formula is C7H5BrN2OS. The van der Waals surface area contributed by atoms with E-state index in [0.717, 1.165) is 15.9 Å². The lowest BCUT2D eigenvalue weighted by Gasteiger charge is -1.84. The van der Waals surface area contributed by atoms with Gasteiger partial charge in [-0.1, -0.05) is 0 Å². The van der Waals surface area contributed by atoms with E-state index in [1.165, 1.54) is 11.3 Å². The SMILES string of the molecule is Nc1nc(-c2cc(Br)co2)cs1. The topological polar surface area (TPSA) is 52.0 Å². The maximum absolute atomic E-state index is 5.48. The van der Waals surface area contributed by atoms with Gasteiger partial charge >= 0.3 is 0 Å². The van der Waals surface area contributed by atoms with Gasteiger partial charge in [0.05, 0.1) is 4.47 Å². The molecule has 0 bridgehead atoms. The Kier molecular flexibility index (Phi) is 1.90. The predicted octanol–water partition coefficient (Wildman–Crippen LogP) is 2.75. The molecule has 0 aliphatic carbocycles. The molecule has 0 fully saturated rings. The van der Waals surface area contributed by atoms with E-state index < -0.39 is 0 Å². The summed E-state index contributed by atoms with van der Waals surface area (Å²) in [5.74, 6) is 0.731. The summed E-state index contributed by atoms with van der Waals surface area (Å²) in [7, 11) is 0. The molecule has 12 heavy (non-hydrogen) atoms. The Bertz CT molecular complexity index is 357. The Hall–Kier alpha value is -0.810. The third kappa shape index (κ3) is 1.37. The first-order chi connectivity index (χ1) is 5.75. The van der Waals surface area contributed by atoms with Crippen molar-refractivity contribution in [2.45, 2.75) is 0 Å². The summed E-state index contributed by atoms with van der Waals surface area (Å²) in [4.78, 5) is 4.08. The van der Waals surface area contributed by atoms with Crippen LogP contribution in [0.15, 0.2) is 26.6 Å². The number of nitrogens with two attached hydrogens (primary N) is 1. The quantitative estimate of drug-likeness (QED) is 0.840. The largest absolute Gasteiger partial charge is 0.461 e. The summed E-state index contributed by atoms with van der Waals surface area (Å²) in [5, 5.41) is 2.41. The van der Waals surface area contributed by atoms with Crippen molar-refractivity contribution in [1.29, 1.82) is 0 Å². The molecule has 2 heterocycles. The molecule has 3 nitrogen and oxygen atoms in total. The average Bonchev–Trinajstić information content (AvgIpc) is 2.58. The molecule has 0 saturated carbocycles. The second-order valence-corrected chi connectivity index (χ2v) is 4.01. The summed E-state index contributed by atoms with van der Waals surface area (Å²) in [6, 6.07) is 1.86. The van der Waals surface area contributed by atoms with Crippen LogP contribution >= 0.6 is 27.3 Å². The van der Waals surface area contributed by atoms with Gasteiger partial charge in [-0.15, -0.1) is 11.3 Å². The Labute approximate surface area is 81.4 Å². The molecule has 62 valence electrons. The van der Waals surface area contributed by atoms with Crippen LogP contribution in [-0.4, -0.2) is 4.98 Å². The zero-order valence-corrected chi connectivity index (χ0v) is 8.35. The second-order valence-electron chi connectivity index (χ2n) is 2.20. The molecule has 5 heteroatoms. The summed E-state index contributed by atoms with van der Waals surface area (Å²) in [6.45, 7) is 0. The van der Waals surface area contributed by atoms with E-state index in [9.17, 15) is 0 Å². The van der Waals surface area contributed by atoms with Crippen molar-refractivity contribution in [2.24, 2.45) is 0 Å². The monoisotopic (exact) mass is 244 g/mol. The van der Waals surface area contributed by atoms with Crippen LogP contribution in [0.2, 0.25) is 0 Å².